The Bertz CT molecular complexity index is 976. The normalized spacial score (nSPS) is 16.0. The number of sulfonamides is 1. The van der Waals surface area contributed by atoms with Gasteiger partial charge in [-0.1, -0.05) is 47.5 Å². The smallest absolute Gasteiger partial charge is 0.246 e. The number of hydrogen-bond acceptors (Lipinski definition) is 4. The number of nitrogens with one attached hydrogen (secondary N) is 1. The largest absolute Gasteiger partial charge is 0.351 e. The van der Waals surface area contributed by atoms with Crippen LogP contribution in [0.2, 0.25) is 10.0 Å². The Morgan fingerprint density at radius 2 is 1.62 bits per heavy atom. The number of hydrogen-bond donors (Lipinski definition) is 1. The summed E-state index contributed by atoms with van der Waals surface area (Å²) in [6, 6.07) is 10.8. The summed E-state index contributed by atoms with van der Waals surface area (Å²) in [5.74, 6) is -0.622. The molecular weight excluding hydrogens is 440 g/mol. The number of benzene rings is 2. The van der Waals surface area contributed by atoms with E-state index in [0.717, 1.165) is 0 Å². The van der Waals surface area contributed by atoms with Gasteiger partial charge in [0, 0.05) is 38.3 Å². The number of carbonyl (C=O) groups excluding carboxylic acids is 1. The molecule has 1 fully saturated rings. The van der Waals surface area contributed by atoms with Crippen molar-refractivity contribution < 1.29 is 17.6 Å². The van der Waals surface area contributed by atoms with Crippen LogP contribution in [0.4, 0.5) is 4.39 Å². The van der Waals surface area contributed by atoms with Crippen molar-refractivity contribution in [3.05, 3.63) is 63.9 Å². The van der Waals surface area contributed by atoms with Crippen molar-refractivity contribution in [1.82, 2.24) is 14.5 Å². The van der Waals surface area contributed by atoms with Crippen LogP contribution in [0.25, 0.3) is 0 Å². The summed E-state index contributed by atoms with van der Waals surface area (Å²) in [6.45, 7) is 1.40. The van der Waals surface area contributed by atoms with Crippen LogP contribution < -0.4 is 5.32 Å². The Kier molecular flexibility index (Phi) is 7.13. The third-order valence-electron chi connectivity index (χ3n) is 4.65. The minimum absolute atomic E-state index is 0.0763. The maximum Gasteiger partial charge on any atom is 0.246 e. The van der Waals surface area contributed by atoms with Crippen LogP contribution in [-0.4, -0.2) is 56.3 Å². The number of carbonyl (C=O) groups is 1. The van der Waals surface area contributed by atoms with Gasteiger partial charge in [0.05, 0.1) is 16.6 Å². The lowest BCUT2D eigenvalue weighted by atomic mass is 10.2. The van der Waals surface area contributed by atoms with Crippen molar-refractivity contribution in [3.63, 3.8) is 0 Å². The highest BCUT2D eigenvalue weighted by atomic mass is 35.5. The van der Waals surface area contributed by atoms with Crippen LogP contribution in [0, 0.1) is 5.82 Å². The average Bonchev–Trinajstić information content (AvgIpc) is 2.67. The van der Waals surface area contributed by atoms with Crippen molar-refractivity contribution in [2.24, 2.45) is 0 Å². The van der Waals surface area contributed by atoms with Gasteiger partial charge in [0.25, 0.3) is 0 Å². The van der Waals surface area contributed by atoms with E-state index in [0.29, 0.717) is 18.7 Å². The summed E-state index contributed by atoms with van der Waals surface area (Å²) in [7, 11) is -3.83. The van der Waals surface area contributed by atoms with E-state index in [1.165, 1.54) is 22.5 Å². The van der Waals surface area contributed by atoms with Crippen molar-refractivity contribution in [3.8, 4) is 0 Å². The molecule has 156 valence electrons. The van der Waals surface area contributed by atoms with E-state index >= 15 is 0 Å². The summed E-state index contributed by atoms with van der Waals surface area (Å²) < 4.78 is 40.7. The third-order valence-corrected chi connectivity index (χ3v) is 7.50. The Balaban J connectivity index is 1.54. The lowest BCUT2D eigenvalue weighted by Gasteiger charge is -2.33. The second kappa shape index (κ2) is 9.40. The molecule has 10 heteroatoms. The van der Waals surface area contributed by atoms with E-state index in [4.69, 9.17) is 23.2 Å². The van der Waals surface area contributed by atoms with Gasteiger partial charge >= 0.3 is 0 Å². The topological polar surface area (TPSA) is 69.7 Å². The van der Waals surface area contributed by atoms with E-state index < -0.39 is 10.0 Å². The van der Waals surface area contributed by atoms with E-state index in [-0.39, 0.29) is 52.8 Å². The summed E-state index contributed by atoms with van der Waals surface area (Å²) in [4.78, 5) is 13.9. The van der Waals surface area contributed by atoms with E-state index in [1.54, 1.807) is 24.3 Å². The molecule has 29 heavy (non-hydrogen) atoms. The zero-order chi connectivity index (χ0) is 21.0. The highest BCUT2D eigenvalue weighted by Crippen LogP contribution is 2.31. The maximum atomic E-state index is 13.6. The number of halogens is 3. The van der Waals surface area contributed by atoms with Crippen LogP contribution in [0.5, 0.6) is 0 Å². The number of amides is 1. The molecule has 2 aromatic carbocycles. The number of piperazine rings is 1. The summed E-state index contributed by atoms with van der Waals surface area (Å²) >= 11 is 12.1. The highest BCUT2D eigenvalue weighted by molar-refractivity contribution is 7.89. The van der Waals surface area contributed by atoms with Crippen LogP contribution in [0.1, 0.15) is 5.56 Å². The molecule has 0 spiro atoms. The second-order valence-corrected chi connectivity index (χ2v) is 9.29. The van der Waals surface area contributed by atoms with E-state index in [1.807, 2.05) is 4.90 Å². The molecule has 6 nitrogen and oxygen atoms in total. The second-order valence-electron chi connectivity index (χ2n) is 6.60. The maximum absolute atomic E-state index is 13.6. The molecule has 0 radical (unpaired) electrons. The fourth-order valence-electron chi connectivity index (χ4n) is 3.08. The molecule has 0 unspecified atom stereocenters. The average molecular weight is 460 g/mol. The molecule has 1 amide bonds. The molecule has 2 aromatic rings. The van der Waals surface area contributed by atoms with E-state index in [2.05, 4.69) is 5.32 Å². The summed E-state index contributed by atoms with van der Waals surface area (Å²) in [6.07, 6.45) is 0. The minimum atomic E-state index is -3.83. The molecular formula is C19H20Cl2FN3O3S. The Labute approximate surface area is 179 Å². The molecule has 1 aliphatic heterocycles. The van der Waals surface area contributed by atoms with Gasteiger partial charge in [-0.2, -0.15) is 4.31 Å². The summed E-state index contributed by atoms with van der Waals surface area (Å²) in [5, 5.41) is 2.83. The predicted octanol–water partition coefficient (Wildman–Crippen LogP) is 2.76. The van der Waals surface area contributed by atoms with Gasteiger partial charge < -0.3 is 5.32 Å². The van der Waals surface area contributed by atoms with Gasteiger partial charge in [0.15, 0.2) is 0 Å². The third kappa shape index (κ3) is 5.26. The number of nitrogens with zero attached hydrogens (tertiary/aromatic N) is 2. The molecule has 3 rings (SSSR count). The monoisotopic (exact) mass is 459 g/mol. The molecule has 0 aliphatic carbocycles. The molecule has 1 N–H and O–H groups in total. The van der Waals surface area contributed by atoms with E-state index in [9.17, 15) is 17.6 Å². The molecule has 1 saturated heterocycles. The molecule has 0 atom stereocenters. The first-order valence-electron chi connectivity index (χ1n) is 8.95. The molecule has 0 saturated carbocycles. The highest BCUT2D eigenvalue weighted by Gasteiger charge is 2.32. The van der Waals surface area contributed by atoms with Crippen molar-refractivity contribution in [2.75, 3.05) is 32.7 Å². The van der Waals surface area contributed by atoms with Gasteiger partial charge in [-0.15, -0.1) is 0 Å². The van der Waals surface area contributed by atoms with Crippen LogP contribution >= 0.6 is 23.2 Å². The standard InChI is InChI=1S/C19H20Cl2FN3O3S/c20-15-5-3-6-16(21)19(15)29(27,28)25-10-8-24(9-11-25)13-18(26)23-12-14-4-1-2-7-17(14)22/h1-7H,8-13H2,(H,23,26). The first kappa shape index (κ1) is 22.0. The molecule has 0 bridgehead atoms. The van der Waals surface area contributed by atoms with Crippen LogP contribution in [-0.2, 0) is 21.4 Å². The lowest BCUT2D eigenvalue weighted by Crippen LogP contribution is -2.51. The van der Waals surface area contributed by atoms with Gasteiger partial charge in [0.2, 0.25) is 15.9 Å². The predicted molar refractivity (Wildman–Crippen MR) is 110 cm³/mol. The first-order valence-corrected chi connectivity index (χ1v) is 11.2. The Morgan fingerprint density at radius 3 is 2.24 bits per heavy atom. The lowest BCUT2D eigenvalue weighted by molar-refractivity contribution is -0.122. The Hall–Kier alpha value is -1.71. The van der Waals surface area contributed by atoms with Crippen LogP contribution in [0.15, 0.2) is 47.4 Å². The van der Waals surface area contributed by atoms with Crippen LogP contribution in [0.3, 0.4) is 0 Å². The van der Waals surface area contributed by atoms with Gasteiger partial charge in [0.1, 0.15) is 10.7 Å². The molecule has 0 aromatic heterocycles. The van der Waals surface area contributed by atoms with Gasteiger partial charge in [-0.05, 0) is 18.2 Å². The number of rotatable bonds is 6. The minimum Gasteiger partial charge on any atom is -0.351 e. The fraction of sp³-hybridized carbons (Fsp3) is 0.316. The zero-order valence-corrected chi connectivity index (χ0v) is 17.8. The van der Waals surface area contributed by atoms with Gasteiger partial charge in [-0.3, -0.25) is 9.69 Å². The van der Waals surface area contributed by atoms with Crippen molar-refractivity contribution >= 4 is 39.1 Å². The van der Waals surface area contributed by atoms with Crippen molar-refractivity contribution in [1.29, 1.82) is 0 Å². The SMILES string of the molecule is O=C(CN1CCN(S(=O)(=O)c2c(Cl)cccc2Cl)CC1)NCc1ccccc1F. The zero-order valence-electron chi connectivity index (χ0n) is 15.4. The first-order chi connectivity index (χ1) is 13.8. The fourth-order valence-corrected chi connectivity index (χ4v) is 5.59. The molecule has 1 aliphatic rings. The summed E-state index contributed by atoms with van der Waals surface area (Å²) in [5.41, 5.74) is 0.411. The Morgan fingerprint density at radius 1 is 1.00 bits per heavy atom. The molecule has 1 heterocycles. The quantitative estimate of drug-likeness (QED) is 0.720. The van der Waals surface area contributed by atoms with Gasteiger partial charge in [-0.25, -0.2) is 12.8 Å². The van der Waals surface area contributed by atoms with Crippen molar-refractivity contribution in [2.45, 2.75) is 11.4 Å².